The summed E-state index contributed by atoms with van der Waals surface area (Å²) >= 11 is 0. The molecule has 0 spiro atoms. The minimum Gasteiger partial charge on any atom is -0.383 e. The molecule has 1 heterocycles. The van der Waals surface area contributed by atoms with E-state index in [0.29, 0.717) is 6.54 Å². The number of nitrogen functional groups attached to an aromatic ring is 1. The van der Waals surface area contributed by atoms with Gasteiger partial charge in [0.2, 0.25) is 0 Å². The third-order valence-corrected chi connectivity index (χ3v) is 4.91. The van der Waals surface area contributed by atoms with Crippen LogP contribution in [0.3, 0.4) is 0 Å². The third-order valence-electron chi connectivity index (χ3n) is 4.91. The predicted octanol–water partition coefficient (Wildman–Crippen LogP) is -0.155. The number of carbonyl (C=O) groups excluding carboxylic acids is 1. The molecule has 8 nitrogen and oxygen atoms in total. The molecule has 3 aromatic rings. The average molecular weight is 408 g/mol. The normalized spacial score (nSPS) is 11.8. The van der Waals surface area contributed by atoms with Crippen molar-refractivity contribution >= 4 is 17.4 Å². The van der Waals surface area contributed by atoms with Crippen molar-refractivity contribution < 1.29 is 9.69 Å². The second-order valence-electron chi connectivity index (χ2n) is 7.31. The van der Waals surface area contributed by atoms with Gasteiger partial charge in [-0.2, -0.15) is 0 Å². The van der Waals surface area contributed by atoms with E-state index in [0.717, 1.165) is 16.0 Å². The fraction of sp³-hybridized carbons (Fsp3) is 0.227. The van der Waals surface area contributed by atoms with Gasteiger partial charge in [0.05, 0.1) is 13.6 Å². The third kappa shape index (κ3) is 4.84. The Hall–Kier alpha value is -3.65. The van der Waals surface area contributed by atoms with Gasteiger partial charge in [-0.3, -0.25) is 19.1 Å². The van der Waals surface area contributed by atoms with Crippen LogP contribution in [0.15, 0.2) is 70.3 Å². The number of aromatic amines is 1. The summed E-state index contributed by atoms with van der Waals surface area (Å²) < 4.78 is 1.26. The molecule has 0 saturated heterocycles. The van der Waals surface area contributed by atoms with Crippen molar-refractivity contribution in [3.05, 3.63) is 92.6 Å². The summed E-state index contributed by atoms with van der Waals surface area (Å²) in [6.07, 6.45) is 0. The largest absolute Gasteiger partial charge is 0.383 e. The first-order chi connectivity index (χ1) is 14.4. The van der Waals surface area contributed by atoms with E-state index in [1.54, 1.807) is 0 Å². The molecule has 2 aromatic carbocycles. The minimum absolute atomic E-state index is 0.0250. The molecule has 156 valence electrons. The zero-order chi connectivity index (χ0) is 21.7. The number of benzene rings is 2. The number of aromatic nitrogens is 2. The summed E-state index contributed by atoms with van der Waals surface area (Å²) in [4.78, 5) is 42.0. The number of H-pyrrole nitrogens is 1. The Morgan fingerprint density at radius 3 is 2.20 bits per heavy atom. The van der Waals surface area contributed by atoms with Gasteiger partial charge in [-0.15, -0.1) is 0 Å². The number of amides is 1. The molecule has 1 amide bonds. The fourth-order valence-corrected chi connectivity index (χ4v) is 3.33. The molecule has 0 fully saturated rings. The van der Waals surface area contributed by atoms with E-state index in [2.05, 4.69) is 4.98 Å². The summed E-state index contributed by atoms with van der Waals surface area (Å²) in [7, 11) is 3.40. The molecule has 1 aromatic heterocycles. The van der Waals surface area contributed by atoms with Gasteiger partial charge in [-0.1, -0.05) is 60.7 Å². The van der Waals surface area contributed by atoms with Crippen molar-refractivity contribution in [3.63, 3.8) is 0 Å². The Labute approximate surface area is 174 Å². The van der Waals surface area contributed by atoms with Gasteiger partial charge in [0.15, 0.2) is 12.2 Å². The fourth-order valence-electron chi connectivity index (χ4n) is 3.33. The van der Waals surface area contributed by atoms with E-state index < -0.39 is 11.2 Å². The number of nitrogens with zero attached hydrogens (tertiary/aromatic N) is 2. The quantitative estimate of drug-likeness (QED) is 0.505. The summed E-state index contributed by atoms with van der Waals surface area (Å²) in [6, 6.07) is 19.1. The molecule has 30 heavy (non-hydrogen) atoms. The Bertz CT molecular complexity index is 1120. The van der Waals surface area contributed by atoms with Crippen LogP contribution in [-0.2, 0) is 17.9 Å². The predicted molar refractivity (Wildman–Crippen MR) is 117 cm³/mol. The van der Waals surface area contributed by atoms with Gasteiger partial charge in [-0.05, 0) is 5.56 Å². The van der Waals surface area contributed by atoms with Gasteiger partial charge in [0, 0.05) is 12.6 Å². The lowest BCUT2D eigenvalue weighted by molar-refractivity contribution is -0.885. The maximum Gasteiger partial charge on any atom is 0.330 e. The minimum atomic E-state index is -0.682. The molecule has 1 atom stereocenters. The second kappa shape index (κ2) is 9.23. The number of rotatable bonds is 7. The number of nitrogens with two attached hydrogens (primary N) is 1. The number of nitrogens with one attached hydrogen (secondary N) is 2. The Balaban J connectivity index is 1.81. The van der Waals surface area contributed by atoms with Crippen molar-refractivity contribution in [2.75, 3.05) is 31.3 Å². The molecule has 0 aliphatic rings. The standard InChI is InChI=1S/C22H25N5O3/c1-25(13-16-9-5-3-6-10-16)15-18(28)26(2)19-20(23)27(22(30)24-21(19)29)14-17-11-7-4-8-12-17/h3-12H,13-15,23H2,1-2H3,(H,24,29,30)/p+1. The first-order valence-corrected chi connectivity index (χ1v) is 9.65. The van der Waals surface area contributed by atoms with Crippen LogP contribution in [0.1, 0.15) is 11.1 Å². The summed E-state index contributed by atoms with van der Waals surface area (Å²) in [6.45, 7) is 1.03. The summed E-state index contributed by atoms with van der Waals surface area (Å²) in [5.41, 5.74) is 6.81. The van der Waals surface area contributed by atoms with E-state index in [-0.39, 0.29) is 30.5 Å². The van der Waals surface area contributed by atoms with Gasteiger partial charge in [-0.25, -0.2) is 4.79 Å². The van der Waals surface area contributed by atoms with Gasteiger partial charge in [0.25, 0.3) is 11.5 Å². The molecule has 1 unspecified atom stereocenters. The second-order valence-corrected chi connectivity index (χ2v) is 7.31. The van der Waals surface area contributed by atoms with E-state index in [1.807, 2.05) is 67.7 Å². The van der Waals surface area contributed by atoms with Gasteiger partial charge < -0.3 is 15.5 Å². The maximum atomic E-state index is 12.8. The zero-order valence-electron chi connectivity index (χ0n) is 17.1. The molecule has 0 saturated carbocycles. The Morgan fingerprint density at radius 1 is 1.03 bits per heavy atom. The van der Waals surface area contributed by atoms with Crippen LogP contribution in [0.5, 0.6) is 0 Å². The highest BCUT2D eigenvalue weighted by molar-refractivity contribution is 5.95. The van der Waals surface area contributed by atoms with Crippen LogP contribution >= 0.6 is 0 Å². The molecule has 3 rings (SSSR count). The number of hydrogen-bond donors (Lipinski definition) is 3. The van der Waals surface area contributed by atoms with Crippen molar-refractivity contribution in [1.29, 1.82) is 0 Å². The number of quaternary nitrogens is 1. The van der Waals surface area contributed by atoms with Gasteiger partial charge >= 0.3 is 5.69 Å². The summed E-state index contributed by atoms with van der Waals surface area (Å²) in [5.74, 6) is -0.310. The molecule has 0 aliphatic heterocycles. The highest BCUT2D eigenvalue weighted by atomic mass is 16.2. The molecule has 4 N–H and O–H groups in total. The monoisotopic (exact) mass is 408 g/mol. The Morgan fingerprint density at radius 2 is 1.60 bits per heavy atom. The molecule has 0 bridgehead atoms. The molecule has 0 aliphatic carbocycles. The van der Waals surface area contributed by atoms with Gasteiger partial charge in [0.1, 0.15) is 12.4 Å². The molecule has 8 heteroatoms. The first kappa shape index (κ1) is 21.1. The zero-order valence-corrected chi connectivity index (χ0v) is 17.1. The van der Waals surface area contributed by atoms with Crippen LogP contribution in [-0.4, -0.2) is 36.1 Å². The van der Waals surface area contributed by atoms with Crippen molar-refractivity contribution in [2.24, 2.45) is 0 Å². The Kier molecular flexibility index (Phi) is 6.48. The lowest BCUT2D eigenvalue weighted by atomic mass is 10.2. The van der Waals surface area contributed by atoms with Crippen molar-refractivity contribution in [2.45, 2.75) is 13.1 Å². The van der Waals surface area contributed by atoms with Crippen LogP contribution in [0.25, 0.3) is 0 Å². The lowest BCUT2D eigenvalue weighted by Crippen LogP contribution is -3.08. The summed E-state index contributed by atoms with van der Waals surface area (Å²) in [5, 5.41) is 0. The van der Waals surface area contributed by atoms with Crippen LogP contribution in [0.4, 0.5) is 11.5 Å². The van der Waals surface area contributed by atoms with Crippen LogP contribution in [0.2, 0.25) is 0 Å². The topological polar surface area (TPSA) is 106 Å². The lowest BCUT2D eigenvalue weighted by Gasteiger charge is -2.22. The highest BCUT2D eigenvalue weighted by Gasteiger charge is 2.23. The number of hydrogen-bond acceptors (Lipinski definition) is 4. The van der Waals surface area contributed by atoms with E-state index in [4.69, 9.17) is 5.73 Å². The van der Waals surface area contributed by atoms with Crippen molar-refractivity contribution in [1.82, 2.24) is 9.55 Å². The number of carbonyl (C=O) groups is 1. The highest BCUT2D eigenvalue weighted by Crippen LogP contribution is 2.16. The smallest absolute Gasteiger partial charge is 0.330 e. The van der Waals surface area contributed by atoms with E-state index in [1.165, 1.54) is 16.5 Å². The number of likely N-dealkylation sites (N-methyl/N-ethyl adjacent to an activating group) is 2. The SMILES string of the molecule is CN(C(=O)C[NH+](C)Cc1ccccc1)c1c(N)n(Cc2ccccc2)c(=O)[nH]c1=O. The van der Waals surface area contributed by atoms with E-state index >= 15 is 0 Å². The average Bonchev–Trinajstić information content (AvgIpc) is 2.72. The van der Waals surface area contributed by atoms with E-state index in [9.17, 15) is 14.4 Å². The van der Waals surface area contributed by atoms with Crippen LogP contribution < -0.4 is 26.8 Å². The maximum absolute atomic E-state index is 12.8. The molecular formula is C22H26N5O3+. The molecular weight excluding hydrogens is 382 g/mol. The first-order valence-electron chi connectivity index (χ1n) is 9.65. The van der Waals surface area contributed by atoms with Crippen molar-refractivity contribution in [3.8, 4) is 0 Å². The molecule has 0 radical (unpaired) electrons. The van der Waals surface area contributed by atoms with Crippen LogP contribution in [0, 0.1) is 0 Å². The number of anilines is 2.